The van der Waals surface area contributed by atoms with Gasteiger partial charge in [-0.2, -0.15) is 0 Å². The van der Waals surface area contributed by atoms with Crippen LogP contribution in [-0.4, -0.2) is 34.3 Å². The topological polar surface area (TPSA) is 70.1 Å². The van der Waals surface area contributed by atoms with Crippen molar-refractivity contribution in [3.8, 4) is 0 Å². The van der Waals surface area contributed by atoms with Gasteiger partial charge >= 0.3 is 0 Å². The quantitative estimate of drug-likeness (QED) is 0.746. The van der Waals surface area contributed by atoms with Crippen LogP contribution in [0.4, 0.5) is 11.6 Å². The number of aliphatic hydroxyl groups excluding tert-OH is 1. The van der Waals surface area contributed by atoms with Crippen LogP contribution < -0.4 is 10.6 Å². The van der Waals surface area contributed by atoms with Gasteiger partial charge < -0.3 is 15.7 Å². The number of hydrogen-bond donors (Lipinski definition) is 3. The minimum atomic E-state index is -0.207. The van der Waals surface area contributed by atoms with E-state index < -0.39 is 0 Å². The number of hydrogen-bond acceptors (Lipinski definition) is 5. The molecule has 3 N–H and O–H groups in total. The molecule has 0 radical (unpaired) electrons. The summed E-state index contributed by atoms with van der Waals surface area (Å²) in [5.74, 6) is 2.50. The first kappa shape index (κ1) is 15.0. The normalized spacial score (nSPS) is 17.8. The van der Waals surface area contributed by atoms with Crippen molar-refractivity contribution in [1.29, 1.82) is 0 Å². The molecule has 0 aromatic carbocycles. The average molecular weight is 278 g/mol. The number of anilines is 2. The summed E-state index contributed by atoms with van der Waals surface area (Å²) in [5.41, 5.74) is -0.207. The molecule has 1 aromatic rings. The Balaban J connectivity index is 2.19. The first-order valence-electron chi connectivity index (χ1n) is 7.66. The molecule has 0 amide bonds. The molecule has 112 valence electrons. The van der Waals surface area contributed by atoms with Crippen LogP contribution in [0.3, 0.4) is 0 Å². The van der Waals surface area contributed by atoms with Crippen LogP contribution in [0.1, 0.15) is 51.3 Å². The van der Waals surface area contributed by atoms with E-state index in [-0.39, 0.29) is 12.1 Å². The van der Waals surface area contributed by atoms with E-state index in [9.17, 15) is 5.11 Å². The van der Waals surface area contributed by atoms with E-state index in [1.807, 2.05) is 13.1 Å². The molecule has 2 rings (SSSR count). The molecule has 1 aliphatic carbocycles. The standard InChI is InChI=1S/C15H26N4O/c1-3-7-12-17-13(16-2)10-14(18-12)19-15(11-20)8-5-4-6-9-15/h10,20H,3-9,11H2,1-2H3,(H2,16,17,18,19). The number of aryl methyl sites for hydroxylation is 1. The largest absolute Gasteiger partial charge is 0.394 e. The van der Waals surface area contributed by atoms with Gasteiger partial charge in [-0.1, -0.05) is 26.2 Å². The Morgan fingerprint density at radius 2 is 1.90 bits per heavy atom. The van der Waals surface area contributed by atoms with Crippen molar-refractivity contribution in [2.45, 2.75) is 57.4 Å². The number of rotatable bonds is 6. The zero-order chi connectivity index (χ0) is 14.4. The van der Waals surface area contributed by atoms with E-state index in [0.29, 0.717) is 0 Å². The smallest absolute Gasteiger partial charge is 0.133 e. The molecule has 0 bridgehead atoms. The molecule has 1 aliphatic rings. The summed E-state index contributed by atoms with van der Waals surface area (Å²) in [6.07, 6.45) is 7.50. The van der Waals surface area contributed by atoms with E-state index in [1.54, 1.807) is 0 Å². The SMILES string of the molecule is CCCc1nc(NC)cc(NC2(CO)CCCCC2)n1. The van der Waals surface area contributed by atoms with E-state index >= 15 is 0 Å². The van der Waals surface area contributed by atoms with E-state index in [2.05, 4.69) is 27.5 Å². The van der Waals surface area contributed by atoms with Crippen LogP contribution in [-0.2, 0) is 6.42 Å². The van der Waals surface area contributed by atoms with Gasteiger partial charge in [0.25, 0.3) is 0 Å². The van der Waals surface area contributed by atoms with Crippen LogP contribution in [0.5, 0.6) is 0 Å². The van der Waals surface area contributed by atoms with Crippen LogP contribution >= 0.6 is 0 Å². The zero-order valence-corrected chi connectivity index (χ0v) is 12.6. The lowest BCUT2D eigenvalue weighted by Gasteiger charge is -2.37. The van der Waals surface area contributed by atoms with Gasteiger partial charge in [0.1, 0.15) is 17.5 Å². The van der Waals surface area contributed by atoms with E-state index in [0.717, 1.165) is 43.1 Å². The highest BCUT2D eigenvalue weighted by Crippen LogP contribution is 2.31. The van der Waals surface area contributed by atoms with E-state index in [1.165, 1.54) is 19.3 Å². The van der Waals surface area contributed by atoms with Gasteiger partial charge in [0.05, 0.1) is 12.1 Å². The Morgan fingerprint density at radius 1 is 1.20 bits per heavy atom. The third-order valence-electron chi connectivity index (χ3n) is 4.01. The Bertz CT molecular complexity index is 430. The van der Waals surface area contributed by atoms with Crippen LogP contribution in [0.25, 0.3) is 0 Å². The number of nitrogens with one attached hydrogen (secondary N) is 2. The molecule has 0 spiro atoms. The summed E-state index contributed by atoms with van der Waals surface area (Å²) in [5, 5.41) is 16.3. The highest BCUT2D eigenvalue weighted by Gasteiger charge is 2.31. The van der Waals surface area contributed by atoms with Gasteiger partial charge in [-0.3, -0.25) is 0 Å². The molecule has 0 saturated heterocycles. The van der Waals surface area contributed by atoms with Crippen molar-refractivity contribution in [1.82, 2.24) is 9.97 Å². The number of aromatic nitrogens is 2. The Kier molecular flexibility index (Phi) is 5.17. The van der Waals surface area contributed by atoms with Crippen molar-refractivity contribution in [2.24, 2.45) is 0 Å². The van der Waals surface area contributed by atoms with Gasteiger partial charge in [-0.25, -0.2) is 9.97 Å². The van der Waals surface area contributed by atoms with Gasteiger partial charge in [0.2, 0.25) is 0 Å². The first-order valence-corrected chi connectivity index (χ1v) is 7.66. The molecule has 5 nitrogen and oxygen atoms in total. The Morgan fingerprint density at radius 3 is 2.50 bits per heavy atom. The third kappa shape index (κ3) is 3.60. The Labute approximate surface area is 121 Å². The molecule has 0 aliphatic heterocycles. The van der Waals surface area contributed by atoms with Crippen LogP contribution in [0, 0.1) is 0 Å². The second-order valence-corrected chi connectivity index (χ2v) is 5.68. The maximum atomic E-state index is 9.78. The lowest BCUT2D eigenvalue weighted by atomic mass is 9.82. The van der Waals surface area contributed by atoms with Gasteiger partial charge in [-0.15, -0.1) is 0 Å². The highest BCUT2D eigenvalue weighted by atomic mass is 16.3. The summed E-state index contributed by atoms with van der Waals surface area (Å²) in [7, 11) is 1.87. The lowest BCUT2D eigenvalue weighted by Crippen LogP contribution is -2.44. The zero-order valence-electron chi connectivity index (χ0n) is 12.6. The predicted octanol–water partition coefficient (Wildman–Crippen LogP) is 2.58. The maximum Gasteiger partial charge on any atom is 0.133 e. The van der Waals surface area contributed by atoms with E-state index in [4.69, 9.17) is 0 Å². The fraction of sp³-hybridized carbons (Fsp3) is 0.733. The monoisotopic (exact) mass is 278 g/mol. The number of nitrogens with zero attached hydrogens (tertiary/aromatic N) is 2. The maximum absolute atomic E-state index is 9.78. The van der Waals surface area contributed by atoms with Crippen molar-refractivity contribution in [3.05, 3.63) is 11.9 Å². The summed E-state index contributed by atoms with van der Waals surface area (Å²) < 4.78 is 0. The van der Waals surface area contributed by atoms with Crippen molar-refractivity contribution in [2.75, 3.05) is 24.3 Å². The minimum absolute atomic E-state index is 0.162. The molecule has 20 heavy (non-hydrogen) atoms. The van der Waals surface area contributed by atoms with Crippen molar-refractivity contribution < 1.29 is 5.11 Å². The summed E-state index contributed by atoms with van der Waals surface area (Å²) in [6.45, 7) is 2.29. The highest BCUT2D eigenvalue weighted by molar-refractivity contribution is 5.49. The fourth-order valence-electron chi connectivity index (χ4n) is 2.85. The lowest BCUT2D eigenvalue weighted by molar-refractivity contribution is 0.172. The Hall–Kier alpha value is -1.36. The van der Waals surface area contributed by atoms with Gasteiger partial charge in [0, 0.05) is 19.5 Å². The molecule has 1 fully saturated rings. The molecule has 1 saturated carbocycles. The molecule has 0 atom stereocenters. The second-order valence-electron chi connectivity index (χ2n) is 5.68. The fourth-order valence-corrected chi connectivity index (χ4v) is 2.85. The summed E-state index contributed by atoms with van der Waals surface area (Å²) in [6, 6.07) is 1.92. The molecular weight excluding hydrogens is 252 g/mol. The van der Waals surface area contributed by atoms with Crippen LogP contribution in [0.15, 0.2) is 6.07 Å². The molecule has 5 heteroatoms. The summed E-state index contributed by atoms with van der Waals surface area (Å²) >= 11 is 0. The number of aliphatic hydroxyl groups is 1. The van der Waals surface area contributed by atoms with Gasteiger partial charge in [-0.05, 0) is 19.3 Å². The van der Waals surface area contributed by atoms with Crippen LogP contribution in [0.2, 0.25) is 0 Å². The molecule has 0 unspecified atom stereocenters. The molecule has 1 aromatic heterocycles. The predicted molar refractivity (Wildman–Crippen MR) is 82.1 cm³/mol. The average Bonchev–Trinajstić information content (AvgIpc) is 2.48. The van der Waals surface area contributed by atoms with Gasteiger partial charge in [0.15, 0.2) is 0 Å². The second kappa shape index (κ2) is 6.88. The summed E-state index contributed by atoms with van der Waals surface area (Å²) in [4.78, 5) is 9.04. The van der Waals surface area contributed by atoms with Crippen molar-refractivity contribution in [3.63, 3.8) is 0 Å². The molecule has 1 heterocycles. The minimum Gasteiger partial charge on any atom is -0.394 e. The molecular formula is C15H26N4O. The third-order valence-corrected chi connectivity index (χ3v) is 4.01. The van der Waals surface area contributed by atoms with Crippen molar-refractivity contribution >= 4 is 11.6 Å². The first-order chi connectivity index (χ1) is 9.71.